The van der Waals surface area contributed by atoms with Gasteiger partial charge >= 0.3 is 0 Å². The molecule has 0 heterocycles. The molecule has 0 amide bonds. The van der Waals surface area contributed by atoms with Crippen molar-refractivity contribution in [3.8, 4) is 77.9 Å². The first-order valence-corrected chi connectivity index (χ1v) is 18.5. The van der Waals surface area contributed by atoms with Gasteiger partial charge in [0.05, 0.1) is 11.4 Å². The second-order valence-corrected chi connectivity index (χ2v) is 15.2. The van der Waals surface area contributed by atoms with E-state index in [4.69, 9.17) is 0 Å². The predicted molar refractivity (Wildman–Crippen MR) is 221 cm³/mol. The van der Waals surface area contributed by atoms with E-state index in [0.29, 0.717) is 0 Å². The molecule has 1 nitrogen and oxygen atoms in total. The van der Waals surface area contributed by atoms with E-state index in [1.165, 1.54) is 94.6 Å². The molecule has 0 saturated carbocycles. The number of hydrogen-bond donors (Lipinski definition) is 0. The van der Waals surface area contributed by atoms with Crippen molar-refractivity contribution in [1.29, 1.82) is 0 Å². The largest absolute Gasteiger partial charge is 0.309 e. The van der Waals surface area contributed by atoms with Crippen LogP contribution in [0.25, 0.3) is 77.9 Å². The van der Waals surface area contributed by atoms with Gasteiger partial charge in [-0.3, -0.25) is 0 Å². The summed E-state index contributed by atoms with van der Waals surface area (Å²) in [6.07, 6.45) is 0. The maximum Gasteiger partial charge on any atom is 0.0633 e. The van der Waals surface area contributed by atoms with Gasteiger partial charge in [-0.25, -0.2) is 0 Å². The van der Waals surface area contributed by atoms with Crippen molar-refractivity contribution in [1.82, 2.24) is 0 Å². The van der Waals surface area contributed by atoms with E-state index in [-0.39, 0.29) is 5.41 Å². The first-order valence-electron chi connectivity index (χ1n) is 18.5. The fourth-order valence-electron chi connectivity index (χ4n) is 9.50. The monoisotopic (exact) mass is 673 g/mol. The van der Waals surface area contributed by atoms with Gasteiger partial charge < -0.3 is 4.90 Å². The number of aryl methyl sites for hydroxylation is 1. The minimum Gasteiger partial charge on any atom is -0.309 e. The lowest BCUT2D eigenvalue weighted by Crippen LogP contribution is -2.16. The molecule has 3 aliphatic carbocycles. The van der Waals surface area contributed by atoms with Crippen molar-refractivity contribution in [3.05, 3.63) is 187 Å². The zero-order valence-electron chi connectivity index (χ0n) is 30.0. The summed E-state index contributed by atoms with van der Waals surface area (Å²) >= 11 is 0. The summed E-state index contributed by atoms with van der Waals surface area (Å²) in [6.45, 7) is 6.81. The normalized spacial score (nSPS) is 13.2. The second-order valence-electron chi connectivity index (χ2n) is 15.2. The molecule has 0 aromatic heterocycles. The number of nitrogens with zero attached hydrogens (tertiary/aromatic N) is 1. The van der Waals surface area contributed by atoms with Gasteiger partial charge in [0, 0.05) is 33.9 Å². The lowest BCUT2D eigenvalue weighted by Gasteiger charge is -2.31. The van der Waals surface area contributed by atoms with Crippen LogP contribution in [0.5, 0.6) is 0 Å². The number of benzene rings is 7. The van der Waals surface area contributed by atoms with E-state index in [2.05, 4.69) is 196 Å². The van der Waals surface area contributed by atoms with Crippen molar-refractivity contribution in [3.63, 3.8) is 0 Å². The second kappa shape index (κ2) is 10.9. The SMILES string of the molecule is Cc1cccc(-c2ccccc2N(c2ccc3c(c2)-c2c4cccc2-c2cccc-3c2-c2ccccc2-4)c2cc#cc3c2-c2ccccc2C3(C)C)c1. The number of hydrogen-bond acceptors (Lipinski definition) is 1. The molecule has 8 aromatic carbocycles. The van der Waals surface area contributed by atoms with Gasteiger partial charge in [-0.1, -0.05) is 165 Å². The molecular weight excluding hydrogens is 639 g/mol. The van der Waals surface area contributed by atoms with E-state index in [1.54, 1.807) is 0 Å². The fraction of sp³-hybridized carbons (Fsp3) is 0.0769. The Labute approximate surface area is 311 Å². The minimum atomic E-state index is -0.202. The van der Waals surface area contributed by atoms with Gasteiger partial charge in [-0.05, 0) is 97.4 Å². The van der Waals surface area contributed by atoms with Crippen LogP contribution >= 0.6 is 0 Å². The Bertz CT molecular complexity index is 2810. The molecule has 0 unspecified atom stereocenters. The van der Waals surface area contributed by atoms with Gasteiger partial charge in [0.1, 0.15) is 0 Å². The Balaban J connectivity index is 1.23. The summed E-state index contributed by atoms with van der Waals surface area (Å²) in [4.78, 5) is 2.49. The Morgan fingerprint density at radius 3 is 1.79 bits per heavy atom. The maximum atomic E-state index is 3.59. The summed E-state index contributed by atoms with van der Waals surface area (Å²) in [7, 11) is 0. The van der Waals surface area contributed by atoms with Crippen LogP contribution in [0.3, 0.4) is 0 Å². The van der Waals surface area contributed by atoms with Gasteiger partial charge in [0.25, 0.3) is 0 Å². The summed E-state index contributed by atoms with van der Waals surface area (Å²) < 4.78 is 0. The highest BCUT2D eigenvalue weighted by molar-refractivity contribution is 6.15. The van der Waals surface area contributed by atoms with Crippen molar-refractivity contribution in [2.45, 2.75) is 26.2 Å². The maximum absolute atomic E-state index is 3.59. The molecule has 0 radical (unpaired) electrons. The Morgan fingerprint density at radius 1 is 0.453 bits per heavy atom. The van der Waals surface area contributed by atoms with E-state index in [0.717, 1.165) is 17.1 Å². The van der Waals surface area contributed by atoms with Crippen LogP contribution in [0.2, 0.25) is 0 Å². The average Bonchev–Trinajstić information content (AvgIpc) is 3.36. The minimum absolute atomic E-state index is 0.202. The van der Waals surface area contributed by atoms with Crippen LogP contribution in [0.4, 0.5) is 17.1 Å². The van der Waals surface area contributed by atoms with E-state index >= 15 is 0 Å². The molecule has 53 heavy (non-hydrogen) atoms. The molecule has 248 valence electrons. The van der Waals surface area contributed by atoms with E-state index in [9.17, 15) is 0 Å². The Morgan fingerprint density at radius 2 is 1.04 bits per heavy atom. The molecule has 1 heteroatoms. The van der Waals surface area contributed by atoms with Gasteiger partial charge in [0.15, 0.2) is 0 Å². The van der Waals surface area contributed by atoms with Gasteiger partial charge in [-0.2, -0.15) is 0 Å². The number of rotatable bonds is 4. The van der Waals surface area contributed by atoms with Crippen LogP contribution < -0.4 is 4.90 Å². The number of anilines is 3. The first kappa shape index (κ1) is 30.0. The van der Waals surface area contributed by atoms with E-state index in [1.807, 2.05) is 0 Å². The van der Waals surface area contributed by atoms with E-state index < -0.39 is 0 Å². The standard InChI is InChI=1S/C52H35N/c1-32-14-10-15-33(30-32)35-16-7-9-26-47(35)53(48-27-13-25-46-51(48)43-19-6-8-24-45(43)52(46,2)3)34-28-29-37-40-21-12-22-41-42-23-11-20-39(50(42)44(37)31-34)36-17-4-5-18-38(36)49(40)41/h4-12,14-24,26-31H,1-3H3. The quantitative estimate of drug-likeness (QED) is 0.180. The third-order valence-corrected chi connectivity index (χ3v) is 11.8. The third kappa shape index (κ3) is 4.15. The molecule has 0 spiro atoms. The number of fused-ring (bicyclic) bond motifs is 7. The molecule has 11 rings (SSSR count). The van der Waals surface area contributed by atoms with Crippen LogP contribution in [0, 0.1) is 19.1 Å². The zero-order chi connectivity index (χ0) is 35.4. The summed E-state index contributed by atoms with van der Waals surface area (Å²) in [5.74, 6) is 0. The molecule has 0 fully saturated rings. The molecule has 0 N–H and O–H groups in total. The van der Waals surface area contributed by atoms with Crippen molar-refractivity contribution < 1.29 is 0 Å². The van der Waals surface area contributed by atoms with Gasteiger partial charge in [-0.15, -0.1) is 0 Å². The predicted octanol–water partition coefficient (Wildman–Crippen LogP) is 14.0. The van der Waals surface area contributed by atoms with Gasteiger partial charge in [0.2, 0.25) is 0 Å². The highest BCUT2D eigenvalue weighted by atomic mass is 15.1. The highest BCUT2D eigenvalue weighted by Gasteiger charge is 2.39. The smallest absolute Gasteiger partial charge is 0.0633 e. The van der Waals surface area contributed by atoms with Crippen molar-refractivity contribution in [2.75, 3.05) is 4.90 Å². The van der Waals surface area contributed by atoms with Crippen molar-refractivity contribution >= 4 is 17.1 Å². The average molecular weight is 674 g/mol. The summed E-state index contributed by atoms with van der Waals surface area (Å²) in [5, 5.41) is 0. The van der Waals surface area contributed by atoms with Crippen molar-refractivity contribution in [2.24, 2.45) is 0 Å². The summed E-state index contributed by atoms with van der Waals surface area (Å²) in [5.41, 5.74) is 24.7. The molecule has 8 aromatic rings. The molecule has 0 aliphatic heterocycles. The fourth-order valence-corrected chi connectivity index (χ4v) is 9.50. The Hall–Kier alpha value is -6.62. The Kier molecular flexibility index (Phi) is 6.20. The lowest BCUT2D eigenvalue weighted by atomic mass is 9.83. The highest BCUT2D eigenvalue weighted by Crippen LogP contribution is 2.59. The first-order chi connectivity index (χ1) is 26.0. The zero-order valence-corrected chi connectivity index (χ0v) is 30.0. The molecule has 0 saturated heterocycles. The van der Waals surface area contributed by atoms with Crippen LogP contribution in [-0.4, -0.2) is 0 Å². The molecule has 6 bridgehead atoms. The molecule has 3 aliphatic rings. The van der Waals surface area contributed by atoms with Crippen LogP contribution in [0.15, 0.2) is 158 Å². The third-order valence-electron chi connectivity index (χ3n) is 11.8. The lowest BCUT2D eigenvalue weighted by molar-refractivity contribution is 0.661. The topological polar surface area (TPSA) is 3.24 Å². The summed E-state index contributed by atoms with van der Waals surface area (Å²) in [6, 6.07) is 65.6. The van der Waals surface area contributed by atoms with Crippen LogP contribution in [0.1, 0.15) is 30.5 Å². The van der Waals surface area contributed by atoms with Crippen LogP contribution in [-0.2, 0) is 5.41 Å². The number of para-hydroxylation sites is 1. The molecule has 0 atom stereocenters. The molecular formula is C52H35N.